The highest BCUT2D eigenvalue weighted by molar-refractivity contribution is 7.94. The zero-order valence-electron chi connectivity index (χ0n) is 42.6. The molecular weight excluding hydrogens is 1380 g/mol. The van der Waals surface area contributed by atoms with E-state index in [1.165, 1.54) is 6.92 Å². The van der Waals surface area contributed by atoms with Crippen LogP contribution in [-0.4, -0.2) is 113 Å². The number of hydrogen-bond acceptors (Lipinski definition) is 31. The van der Waals surface area contributed by atoms with Crippen molar-refractivity contribution in [1.82, 2.24) is 9.78 Å². The molecule has 1 aromatic heterocycles. The van der Waals surface area contributed by atoms with Crippen molar-refractivity contribution in [3.63, 3.8) is 0 Å². The molecule has 1 heterocycles. The number of hydrogen-bond donors (Lipinski definition) is 11. The lowest BCUT2D eigenvalue weighted by Gasteiger charge is -2.15. The van der Waals surface area contributed by atoms with Gasteiger partial charge in [0, 0.05) is 28.3 Å². The zero-order valence-corrected chi connectivity index (χ0v) is 49.8. The highest BCUT2D eigenvalue weighted by Crippen LogP contribution is 2.51. The summed E-state index contributed by atoms with van der Waals surface area (Å²) in [6, 6.07) is 8.80. The molecule has 0 bridgehead atoms. The minimum Gasteiger partial charge on any atom is -0.505 e. The number of fused-ring (bicyclic) bond motifs is 2. The summed E-state index contributed by atoms with van der Waals surface area (Å²) < 4.78 is 217. The smallest absolute Gasteiger partial charge is 0.297 e. The van der Waals surface area contributed by atoms with Gasteiger partial charge in [-0.15, -0.1) is 40.1 Å². The average molecular weight is 1410 g/mol. The van der Waals surface area contributed by atoms with Crippen LogP contribution in [0, 0.1) is 17.0 Å². The lowest BCUT2D eigenvalue weighted by Crippen LogP contribution is -2.03. The number of azo groups is 4. The Morgan fingerprint density at radius 1 is 0.551 bits per heavy atom. The first-order chi connectivity index (χ1) is 41.1. The lowest BCUT2D eigenvalue weighted by atomic mass is 10.0. The predicted molar refractivity (Wildman–Crippen MR) is 301 cm³/mol. The Morgan fingerprint density at radius 2 is 1.09 bits per heavy atom. The number of aromatic hydroxyl groups is 3. The first-order valence-electron chi connectivity index (χ1n) is 22.4. The summed E-state index contributed by atoms with van der Waals surface area (Å²) in [5.41, 5.74) is -2.29. The Bertz CT molecular complexity index is 5270. The number of aryl methyl sites for hydroxylation is 1. The molecule has 38 nitrogen and oxygen atoms in total. The fourth-order valence-electron chi connectivity index (χ4n) is 7.89. The van der Waals surface area contributed by atoms with Gasteiger partial charge in [-0.25, -0.2) is 5.26 Å². The largest absolute Gasteiger partial charge is 0.505 e. The van der Waals surface area contributed by atoms with Gasteiger partial charge in [-0.2, -0.15) is 65.4 Å². The second kappa shape index (κ2) is 24.1. The summed E-state index contributed by atoms with van der Waals surface area (Å²) >= 11 is 12.1. The Labute approximate surface area is 509 Å². The quantitative estimate of drug-likeness (QED) is 0.00681. The van der Waals surface area contributed by atoms with Crippen LogP contribution in [0.1, 0.15) is 5.69 Å². The topological polar surface area (TPSA) is 611 Å². The molecule has 8 rings (SSSR count). The van der Waals surface area contributed by atoms with Gasteiger partial charge in [0.1, 0.15) is 63.5 Å². The number of nitro groups is 1. The highest BCUT2D eigenvalue weighted by Gasteiger charge is 2.31. The molecule has 7 aromatic carbocycles. The number of rotatable bonds is 19. The van der Waals surface area contributed by atoms with E-state index in [2.05, 4.69) is 55.4 Å². The molecule has 0 radical (unpaired) electrons. The number of nitro benzene ring substituents is 1. The van der Waals surface area contributed by atoms with Gasteiger partial charge >= 0.3 is 0 Å². The molecule has 0 aliphatic carbocycles. The van der Waals surface area contributed by atoms with Crippen molar-refractivity contribution in [3.8, 4) is 23.1 Å². The number of phenolic OH excluding ortho intramolecular Hbond substituents is 2. The van der Waals surface area contributed by atoms with Crippen molar-refractivity contribution in [2.75, 3.05) is 5.73 Å². The van der Waals surface area contributed by atoms with Gasteiger partial charge in [0.25, 0.3) is 66.4 Å². The van der Waals surface area contributed by atoms with Crippen LogP contribution in [0.2, 0.25) is 10.0 Å². The second-order valence-electron chi connectivity index (χ2n) is 17.2. The van der Waals surface area contributed by atoms with E-state index in [4.69, 9.17) is 34.2 Å². The van der Waals surface area contributed by atoms with Crippen LogP contribution < -0.4 is 5.73 Å². The van der Waals surface area contributed by atoms with Crippen LogP contribution in [0.3, 0.4) is 0 Å². The maximum Gasteiger partial charge on any atom is 0.297 e. The molecule has 0 aliphatic rings. The van der Waals surface area contributed by atoms with E-state index in [0.29, 0.717) is 41.1 Å². The van der Waals surface area contributed by atoms with Crippen molar-refractivity contribution in [2.24, 2.45) is 40.9 Å². The van der Waals surface area contributed by atoms with Crippen LogP contribution in [0.15, 0.2) is 154 Å². The number of anilines is 1. The van der Waals surface area contributed by atoms with E-state index in [-0.39, 0.29) is 23.4 Å². The third-order valence-corrected chi connectivity index (χ3v) is 18.4. The summed E-state index contributed by atoms with van der Waals surface area (Å²) in [5.74, 6) is -3.42. The molecule has 0 saturated carbocycles. The fourth-order valence-corrected chi connectivity index (χ4v) is 13.2. The Hall–Kier alpha value is -8.46. The molecular formula is C42H28Cl2N12O26S7. The molecule has 0 amide bonds. The van der Waals surface area contributed by atoms with E-state index < -0.39 is 206 Å². The van der Waals surface area contributed by atoms with Gasteiger partial charge in [0.15, 0.2) is 17.2 Å². The second-order valence-corrected chi connectivity index (χ2v) is 27.1. The minimum atomic E-state index is -5.74. The summed E-state index contributed by atoms with van der Waals surface area (Å²) in [7, 11) is -32.4. The maximum atomic E-state index is 13.2. The van der Waals surface area contributed by atoms with Gasteiger partial charge in [-0.3, -0.25) is 37.4 Å². The number of nitrogen functional groups attached to an aromatic ring is 1. The molecule has 8 aromatic rings. The highest BCUT2D eigenvalue weighted by atomic mass is 35.5. The van der Waals surface area contributed by atoms with Gasteiger partial charge < -0.3 is 21.1 Å². The Kier molecular flexibility index (Phi) is 18.0. The van der Waals surface area contributed by atoms with Crippen molar-refractivity contribution < 1.29 is 113 Å². The van der Waals surface area contributed by atoms with Gasteiger partial charge in [-0.1, -0.05) is 28.2 Å². The molecule has 47 heteroatoms. The number of aromatic nitrogens is 2. The number of nitrogens with zero attached hydrogens (tertiary/aromatic N) is 11. The molecule has 12 N–H and O–H groups in total. The lowest BCUT2D eigenvalue weighted by molar-refractivity contribution is -0.432. The molecule has 0 atom stereocenters. The van der Waals surface area contributed by atoms with Crippen LogP contribution in [0.5, 0.6) is 17.4 Å². The molecule has 89 heavy (non-hydrogen) atoms. The number of phenols is 2. The van der Waals surface area contributed by atoms with E-state index in [0.717, 1.165) is 42.5 Å². The van der Waals surface area contributed by atoms with Gasteiger partial charge in [0.05, 0.1) is 60.0 Å². The Balaban J connectivity index is 1.21. The Morgan fingerprint density at radius 3 is 1.66 bits per heavy atom. The van der Waals surface area contributed by atoms with Crippen LogP contribution in [0.4, 0.5) is 56.9 Å². The van der Waals surface area contributed by atoms with E-state index in [9.17, 15) is 103 Å². The van der Waals surface area contributed by atoms with Crippen molar-refractivity contribution in [1.29, 1.82) is 0 Å². The van der Waals surface area contributed by atoms with Crippen molar-refractivity contribution in [2.45, 2.75) is 41.2 Å². The number of nitrogens with two attached hydrogens (primary N) is 1. The number of non-ortho nitro benzene ring substituents is 1. The predicted octanol–water partition coefficient (Wildman–Crippen LogP) is 9.97. The monoisotopic (exact) mass is 1410 g/mol. The van der Waals surface area contributed by atoms with Crippen LogP contribution >= 0.6 is 35.2 Å². The summed E-state index contributed by atoms with van der Waals surface area (Å²) in [5, 5.41) is 87.1. The van der Waals surface area contributed by atoms with Crippen LogP contribution in [0.25, 0.3) is 27.2 Å². The molecule has 0 aliphatic heterocycles. The number of halogens is 2. The third-order valence-electron chi connectivity index (χ3n) is 11.7. The molecule has 0 saturated heterocycles. The molecule has 0 spiro atoms. The summed E-state index contributed by atoms with van der Waals surface area (Å²) in [6.07, 6.45) is 0. The zero-order chi connectivity index (χ0) is 66.0. The first kappa shape index (κ1) is 66.5. The van der Waals surface area contributed by atoms with Crippen molar-refractivity contribution >= 4 is 174 Å². The fraction of sp³-hybridized carbons (Fsp3) is 0.0238. The summed E-state index contributed by atoms with van der Waals surface area (Å²) in [4.78, 5) is 2.53. The molecule has 468 valence electrons. The van der Waals surface area contributed by atoms with E-state index in [1.54, 1.807) is 0 Å². The van der Waals surface area contributed by atoms with Gasteiger partial charge in [0.2, 0.25) is 5.88 Å². The minimum absolute atomic E-state index is 0.0467. The molecule has 0 unspecified atom stereocenters. The SMILES string of the molecule is Cc1nn(-c2cc(Cl)c(S(=O)(=O)O)cc2Cl)c(O)c1N=Nc1ccc(N=Nc2c(S(=O)(=O)O)cc3c(S(=O)(=O)O)c(N=Nc4cc(S(=O)(=O)O)c5cc(SOOO)c(N=Nc6ccc([N+](=O)[O-])cc6S(=O)(=O)O)c(O)c5c4N)ccc3c2O)cc1S(=O)(=O)O. The van der Waals surface area contributed by atoms with Crippen LogP contribution in [-0.2, 0) is 70.1 Å². The van der Waals surface area contributed by atoms with Gasteiger partial charge in [-0.05, 0) is 73.7 Å². The van der Waals surface area contributed by atoms with Crippen molar-refractivity contribution in [3.05, 3.63) is 105 Å². The van der Waals surface area contributed by atoms with E-state index >= 15 is 0 Å². The molecule has 0 fully saturated rings. The third kappa shape index (κ3) is 13.7. The summed E-state index contributed by atoms with van der Waals surface area (Å²) in [6.45, 7) is 1.27. The average Bonchev–Trinajstić information content (AvgIpc) is 1.23. The first-order valence-corrected chi connectivity index (χ1v) is 32.6. The normalized spacial score (nSPS) is 13.1. The number of benzene rings is 7. The standard InChI is InChI=1S/C42H28Cl2N12O26S7/c1-15-36(42(59)55(54-15)27-12-22(44)30(13-21(27)43)85(66,67)68)51-47-23-5-2-16(8-31(23)86(69,70)71)46-53-38-33(88(75,76)77)11-19-18(39(38)57)4-7-25(41(19)89(78,79)80)49-50-26-14-29(84(63,64)65)20-10-28(83-82-81-62)37(40(58)34(20)35(26)45)52-48-24-6-3-17(56(60)61)9-32(24)87(72,73)74/h2-14,57-59,62H,45H2,1H3,(H,63,64,65)(H,66,67,68)(H,69,70,71)(H,72,73,74)(H,75,76,77)(H,78,79,80). The van der Waals surface area contributed by atoms with E-state index in [1.807, 2.05) is 0 Å². The maximum absolute atomic E-state index is 13.2.